The average molecular weight is 266 g/mol. The van der Waals surface area contributed by atoms with E-state index in [9.17, 15) is 0 Å². The van der Waals surface area contributed by atoms with Gasteiger partial charge in [0.2, 0.25) is 0 Å². The minimum Gasteiger partial charge on any atom is -0.467 e. The van der Waals surface area contributed by atoms with Gasteiger partial charge in [0.25, 0.3) is 0 Å². The van der Waals surface area contributed by atoms with Crippen molar-refractivity contribution >= 4 is 21.6 Å². The second kappa shape index (κ2) is 4.53. The molecule has 0 aliphatic heterocycles. The zero-order valence-corrected chi connectivity index (χ0v) is 9.99. The number of rotatable bonds is 3. The van der Waals surface area contributed by atoms with E-state index in [1.165, 1.54) is 0 Å². The van der Waals surface area contributed by atoms with Crippen LogP contribution < -0.4 is 5.32 Å². The first kappa shape index (κ1) is 10.3. The van der Waals surface area contributed by atoms with Gasteiger partial charge in [-0.1, -0.05) is 12.1 Å². The van der Waals surface area contributed by atoms with E-state index in [0.29, 0.717) is 0 Å². The molecule has 1 aromatic heterocycles. The lowest BCUT2D eigenvalue weighted by molar-refractivity contribution is 0.490. The summed E-state index contributed by atoms with van der Waals surface area (Å²) in [5.74, 6) is 0.936. The molecule has 2 nitrogen and oxygen atoms in total. The highest BCUT2D eigenvalue weighted by Gasteiger charge is 2.08. The molecule has 0 aliphatic carbocycles. The molecule has 1 atom stereocenters. The average Bonchev–Trinajstić information content (AvgIpc) is 2.74. The number of hydrogen-bond acceptors (Lipinski definition) is 2. The van der Waals surface area contributed by atoms with Crippen LogP contribution in [0.1, 0.15) is 18.7 Å². The van der Waals surface area contributed by atoms with Crippen LogP contribution in [0.25, 0.3) is 0 Å². The standard InChI is InChI=1S/C12H12BrNO/c1-9(12-7-4-8-15-12)14-11-6-3-2-5-10(11)13/h2-9,14H,1H3/t9-/m1/s1. The Bertz CT molecular complexity index is 425. The Kier molecular flexibility index (Phi) is 3.11. The van der Waals surface area contributed by atoms with Crippen molar-refractivity contribution in [2.45, 2.75) is 13.0 Å². The first-order valence-electron chi connectivity index (χ1n) is 4.82. The number of anilines is 1. The summed E-state index contributed by atoms with van der Waals surface area (Å²) in [4.78, 5) is 0. The minimum atomic E-state index is 0.165. The summed E-state index contributed by atoms with van der Waals surface area (Å²) < 4.78 is 6.39. The summed E-state index contributed by atoms with van der Waals surface area (Å²) >= 11 is 3.49. The molecular weight excluding hydrogens is 254 g/mol. The second-order valence-corrected chi connectivity index (χ2v) is 4.22. The largest absolute Gasteiger partial charge is 0.467 e. The van der Waals surface area contributed by atoms with Crippen LogP contribution in [0.3, 0.4) is 0 Å². The number of furan rings is 1. The molecular formula is C12H12BrNO. The topological polar surface area (TPSA) is 25.2 Å². The maximum absolute atomic E-state index is 5.33. The smallest absolute Gasteiger partial charge is 0.125 e. The molecule has 15 heavy (non-hydrogen) atoms. The summed E-state index contributed by atoms with van der Waals surface area (Å²) in [5.41, 5.74) is 1.07. The molecule has 0 radical (unpaired) electrons. The monoisotopic (exact) mass is 265 g/mol. The van der Waals surface area contributed by atoms with Crippen molar-refractivity contribution in [2.24, 2.45) is 0 Å². The summed E-state index contributed by atoms with van der Waals surface area (Å²) in [6, 6.07) is 12.1. The van der Waals surface area contributed by atoms with E-state index < -0.39 is 0 Å². The molecule has 0 amide bonds. The molecule has 0 saturated carbocycles. The number of halogens is 1. The van der Waals surface area contributed by atoms with Crippen molar-refractivity contribution in [3.63, 3.8) is 0 Å². The summed E-state index contributed by atoms with van der Waals surface area (Å²) in [6.07, 6.45) is 1.69. The fourth-order valence-electron chi connectivity index (χ4n) is 1.42. The minimum absolute atomic E-state index is 0.165. The van der Waals surface area contributed by atoms with Gasteiger partial charge in [-0.2, -0.15) is 0 Å². The quantitative estimate of drug-likeness (QED) is 0.899. The Morgan fingerprint density at radius 1 is 1.20 bits per heavy atom. The molecule has 1 aromatic carbocycles. The Labute approximate surface area is 97.4 Å². The second-order valence-electron chi connectivity index (χ2n) is 3.36. The fourth-order valence-corrected chi connectivity index (χ4v) is 1.82. The van der Waals surface area contributed by atoms with Crippen LogP contribution in [0.15, 0.2) is 51.6 Å². The lowest BCUT2D eigenvalue weighted by atomic mass is 10.2. The zero-order valence-electron chi connectivity index (χ0n) is 8.41. The molecule has 2 aromatic rings. The molecule has 1 heterocycles. The molecule has 0 spiro atoms. The van der Waals surface area contributed by atoms with Gasteiger partial charge in [0.15, 0.2) is 0 Å². The van der Waals surface area contributed by atoms with Gasteiger partial charge in [0.1, 0.15) is 5.76 Å². The van der Waals surface area contributed by atoms with Gasteiger partial charge in [0, 0.05) is 10.2 Å². The highest BCUT2D eigenvalue weighted by molar-refractivity contribution is 9.10. The van der Waals surface area contributed by atoms with Gasteiger partial charge >= 0.3 is 0 Å². The van der Waals surface area contributed by atoms with E-state index in [1.807, 2.05) is 36.4 Å². The summed E-state index contributed by atoms with van der Waals surface area (Å²) in [7, 11) is 0. The summed E-state index contributed by atoms with van der Waals surface area (Å²) in [6.45, 7) is 2.07. The van der Waals surface area contributed by atoms with Gasteiger partial charge < -0.3 is 9.73 Å². The van der Waals surface area contributed by atoms with Crippen LogP contribution >= 0.6 is 15.9 Å². The van der Waals surface area contributed by atoms with Crippen molar-refractivity contribution in [3.8, 4) is 0 Å². The maximum Gasteiger partial charge on any atom is 0.125 e. The fraction of sp³-hybridized carbons (Fsp3) is 0.167. The van der Waals surface area contributed by atoms with E-state index in [2.05, 4.69) is 28.2 Å². The molecule has 1 N–H and O–H groups in total. The Morgan fingerprint density at radius 2 is 2.00 bits per heavy atom. The van der Waals surface area contributed by atoms with Crippen LogP contribution in [0.2, 0.25) is 0 Å². The first-order chi connectivity index (χ1) is 7.27. The number of para-hydroxylation sites is 1. The molecule has 2 rings (SSSR count). The molecule has 78 valence electrons. The van der Waals surface area contributed by atoms with E-state index in [1.54, 1.807) is 6.26 Å². The molecule has 0 aliphatic rings. The van der Waals surface area contributed by atoms with Gasteiger partial charge in [-0.3, -0.25) is 0 Å². The first-order valence-corrected chi connectivity index (χ1v) is 5.61. The van der Waals surface area contributed by atoms with E-state index in [-0.39, 0.29) is 6.04 Å². The predicted molar refractivity (Wildman–Crippen MR) is 64.9 cm³/mol. The van der Waals surface area contributed by atoms with Crippen molar-refractivity contribution in [3.05, 3.63) is 52.9 Å². The number of benzene rings is 1. The van der Waals surface area contributed by atoms with Gasteiger partial charge in [-0.15, -0.1) is 0 Å². The highest BCUT2D eigenvalue weighted by Crippen LogP contribution is 2.26. The van der Waals surface area contributed by atoms with Crippen LogP contribution in [-0.2, 0) is 0 Å². The SMILES string of the molecule is C[C@@H](Nc1ccccc1Br)c1ccco1. The molecule has 0 fully saturated rings. The lowest BCUT2D eigenvalue weighted by Crippen LogP contribution is -2.05. The van der Waals surface area contributed by atoms with E-state index in [0.717, 1.165) is 15.9 Å². The number of nitrogens with one attached hydrogen (secondary N) is 1. The molecule has 0 unspecified atom stereocenters. The molecule has 3 heteroatoms. The van der Waals surface area contributed by atoms with Gasteiger partial charge in [-0.05, 0) is 47.1 Å². The maximum atomic E-state index is 5.33. The van der Waals surface area contributed by atoms with Gasteiger partial charge in [-0.25, -0.2) is 0 Å². The van der Waals surface area contributed by atoms with Crippen molar-refractivity contribution in [1.29, 1.82) is 0 Å². The molecule has 0 bridgehead atoms. The Hall–Kier alpha value is -1.22. The van der Waals surface area contributed by atoms with Gasteiger partial charge in [0.05, 0.1) is 12.3 Å². The Morgan fingerprint density at radius 3 is 2.67 bits per heavy atom. The van der Waals surface area contributed by atoms with Crippen LogP contribution in [0.4, 0.5) is 5.69 Å². The number of hydrogen-bond donors (Lipinski definition) is 1. The van der Waals surface area contributed by atoms with Crippen LogP contribution in [0, 0.1) is 0 Å². The van der Waals surface area contributed by atoms with E-state index in [4.69, 9.17) is 4.42 Å². The third-order valence-corrected chi connectivity index (χ3v) is 2.91. The Balaban J connectivity index is 2.13. The van der Waals surface area contributed by atoms with Crippen molar-refractivity contribution in [1.82, 2.24) is 0 Å². The van der Waals surface area contributed by atoms with Crippen LogP contribution in [-0.4, -0.2) is 0 Å². The normalized spacial score (nSPS) is 12.4. The predicted octanol–water partition coefficient (Wildman–Crippen LogP) is 4.22. The zero-order chi connectivity index (χ0) is 10.7. The molecule has 0 saturated heterocycles. The summed E-state index contributed by atoms with van der Waals surface area (Å²) in [5, 5.41) is 3.37. The third kappa shape index (κ3) is 2.42. The van der Waals surface area contributed by atoms with Crippen molar-refractivity contribution < 1.29 is 4.42 Å². The third-order valence-electron chi connectivity index (χ3n) is 2.22. The van der Waals surface area contributed by atoms with Crippen LogP contribution in [0.5, 0.6) is 0 Å². The van der Waals surface area contributed by atoms with Crippen molar-refractivity contribution in [2.75, 3.05) is 5.32 Å². The lowest BCUT2D eigenvalue weighted by Gasteiger charge is -2.13. The highest BCUT2D eigenvalue weighted by atomic mass is 79.9. The van der Waals surface area contributed by atoms with E-state index >= 15 is 0 Å².